The third-order valence-corrected chi connectivity index (χ3v) is 2.28. The van der Waals surface area contributed by atoms with Gasteiger partial charge in [0.2, 0.25) is 0 Å². The van der Waals surface area contributed by atoms with E-state index in [1.807, 2.05) is 12.1 Å². The lowest BCUT2D eigenvalue weighted by molar-refractivity contribution is 0.201. The molecule has 0 aromatic carbocycles. The molecule has 0 amide bonds. The molecule has 0 saturated heterocycles. The van der Waals surface area contributed by atoms with E-state index >= 15 is 0 Å². The lowest BCUT2D eigenvalue weighted by Crippen LogP contribution is -2.00. The van der Waals surface area contributed by atoms with Gasteiger partial charge in [-0.1, -0.05) is 0 Å². The molecule has 0 unspecified atom stereocenters. The van der Waals surface area contributed by atoms with Gasteiger partial charge in [0.15, 0.2) is 0 Å². The molecule has 0 fully saturated rings. The van der Waals surface area contributed by atoms with E-state index in [9.17, 15) is 0 Å². The summed E-state index contributed by atoms with van der Waals surface area (Å²) < 4.78 is 6.73. The van der Waals surface area contributed by atoms with Gasteiger partial charge in [0, 0.05) is 19.7 Å². The van der Waals surface area contributed by atoms with Crippen molar-refractivity contribution in [3.8, 4) is 5.69 Å². The van der Waals surface area contributed by atoms with Crippen LogP contribution in [0.3, 0.4) is 0 Å². The van der Waals surface area contributed by atoms with Gasteiger partial charge in [0.1, 0.15) is 0 Å². The normalized spacial score (nSPS) is 10.6. The van der Waals surface area contributed by atoms with Gasteiger partial charge in [-0.15, -0.1) is 0 Å². The lowest BCUT2D eigenvalue weighted by atomic mass is 10.3. The summed E-state index contributed by atoms with van der Waals surface area (Å²) in [4.78, 5) is 4.04. The summed E-state index contributed by atoms with van der Waals surface area (Å²) in [5, 5.41) is 4.39. The molecule has 16 heavy (non-hydrogen) atoms. The predicted octanol–water partition coefficient (Wildman–Crippen LogP) is 1.04. The van der Waals surface area contributed by atoms with Crippen molar-refractivity contribution >= 4 is 5.69 Å². The van der Waals surface area contributed by atoms with Crippen LogP contribution in [-0.2, 0) is 11.2 Å². The predicted molar refractivity (Wildman–Crippen MR) is 61.4 cm³/mol. The fraction of sp³-hybridized carbons (Fsp3) is 0.273. The van der Waals surface area contributed by atoms with Crippen LogP contribution >= 0.6 is 0 Å². The van der Waals surface area contributed by atoms with E-state index in [1.165, 1.54) is 0 Å². The fourth-order valence-corrected chi connectivity index (χ4v) is 1.44. The Labute approximate surface area is 93.9 Å². The Hall–Kier alpha value is -1.88. The number of hydrogen-bond acceptors (Lipinski definition) is 4. The van der Waals surface area contributed by atoms with Crippen molar-refractivity contribution in [2.45, 2.75) is 6.42 Å². The molecule has 2 rings (SSSR count). The fourth-order valence-electron chi connectivity index (χ4n) is 1.44. The zero-order valence-corrected chi connectivity index (χ0v) is 9.13. The van der Waals surface area contributed by atoms with Crippen LogP contribution in [0.25, 0.3) is 5.69 Å². The van der Waals surface area contributed by atoms with Crippen LogP contribution in [0.4, 0.5) is 5.69 Å². The first kappa shape index (κ1) is 10.6. The average molecular weight is 218 g/mol. The van der Waals surface area contributed by atoms with Gasteiger partial charge in [-0.05, 0) is 12.1 Å². The van der Waals surface area contributed by atoms with E-state index in [0.29, 0.717) is 12.3 Å². The van der Waals surface area contributed by atoms with Gasteiger partial charge in [0.25, 0.3) is 0 Å². The van der Waals surface area contributed by atoms with Gasteiger partial charge in [0.05, 0.1) is 36.1 Å². The summed E-state index contributed by atoms with van der Waals surface area (Å²) in [6.07, 6.45) is 5.98. The second kappa shape index (κ2) is 4.76. The third kappa shape index (κ3) is 2.20. The molecule has 5 nitrogen and oxygen atoms in total. The maximum Gasteiger partial charge on any atom is 0.0881 e. The Balaban J connectivity index is 2.24. The summed E-state index contributed by atoms with van der Waals surface area (Å²) >= 11 is 0. The quantitative estimate of drug-likeness (QED) is 0.832. The first-order chi connectivity index (χ1) is 7.81. The van der Waals surface area contributed by atoms with E-state index in [1.54, 1.807) is 30.4 Å². The zero-order chi connectivity index (χ0) is 11.4. The van der Waals surface area contributed by atoms with Crippen LogP contribution in [0.5, 0.6) is 0 Å². The first-order valence-corrected chi connectivity index (χ1v) is 5.04. The number of anilines is 1. The number of hydrogen-bond donors (Lipinski definition) is 1. The average Bonchev–Trinajstić information content (AvgIpc) is 2.69. The van der Waals surface area contributed by atoms with Crippen molar-refractivity contribution in [2.75, 3.05) is 19.5 Å². The maximum absolute atomic E-state index is 5.86. The molecule has 0 aliphatic heterocycles. The number of rotatable bonds is 4. The lowest BCUT2D eigenvalue weighted by Gasteiger charge is -1.98. The van der Waals surface area contributed by atoms with E-state index in [4.69, 9.17) is 10.5 Å². The molecule has 0 atom stereocenters. The SMILES string of the molecule is COCCc1nn(-c2cccnc2)cc1N. The minimum Gasteiger partial charge on any atom is -0.396 e. The minimum atomic E-state index is 0.619. The van der Waals surface area contributed by atoms with Crippen molar-refractivity contribution in [3.63, 3.8) is 0 Å². The topological polar surface area (TPSA) is 66.0 Å². The molecule has 2 aromatic rings. The summed E-state index contributed by atoms with van der Waals surface area (Å²) in [7, 11) is 1.66. The number of aromatic nitrogens is 3. The largest absolute Gasteiger partial charge is 0.396 e. The first-order valence-electron chi connectivity index (χ1n) is 5.04. The molecule has 0 aliphatic carbocycles. The monoisotopic (exact) mass is 218 g/mol. The molecule has 84 valence electrons. The van der Waals surface area contributed by atoms with Gasteiger partial charge in [-0.25, -0.2) is 4.68 Å². The second-order valence-corrected chi connectivity index (χ2v) is 3.43. The number of methoxy groups -OCH3 is 1. The van der Waals surface area contributed by atoms with E-state index in [2.05, 4.69) is 10.1 Å². The number of pyridine rings is 1. The Kier molecular flexibility index (Phi) is 3.16. The van der Waals surface area contributed by atoms with Gasteiger partial charge in [-0.3, -0.25) is 4.98 Å². The number of ether oxygens (including phenoxy) is 1. The molecule has 2 aromatic heterocycles. The molecule has 2 heterocycles. The second-order valence-electron chi connectivity index (χ2n) is 3.43. The van der Waals surface area contributed by atoms with Crippen molar-refractivity contribution in [2.24, 2.45) is 0 Å². The van der Waals surface area contributed by atoms with E-state index in [0.717, 1.165) is 17.8 Å². The maximum atomic E-state index is 5.86. The minimum absolute atomic E-state index is 0.619. The van der Waals surface area contributed by atoms with E-state index in [-0.39, 0.29) is 0 Å². The van der Waals surface area contributed by atoms with Crippen LogP contribution < -0.4 is 5.73 Å². The number of nitrogen functional groups attached to an aromatic ring is 1. The standard InChI is InChI=1S/C11H14N4O/c1-16-6-4-11-10(12)8-15(14-11)9-3-2-5-13-7-9/h2-3,5,7-8H,4,6,12H2,1H3. The Morgan fingerprint density at radius 2 is 2.38 bits per heavy atom. The molecular formula is C11H14N4O. The summed E-state index contributed by atoms with van der Waals surface area (Å²) in [5.74, 6) is 0. The summed E-state index contributed by atoms with van der Waals surface area (Å²) in [6, 6.07) is 3.79. The van der Waals surface area contributed by atoms with Crippen LogP contribution in [0.2, 0.25) is 0 Å². The van der Waals surface area contributed by atoms with Crippen molar-refractivity contribution in [1.29, 1.82) is 0 Å². The third-order valence-electron chi connectivity index (χ3n) is 2.28. The highest BCUT2D eigenvalue weighted by Gasteiger charge is 2.06. The molecule has 0 bridgehead atoms. The van der Waals surface area contributed by atoms with Gasteiger partial charge >= 0.3 is 0 Å². The van der Waals surface area contributed by atoms with Crippen LogP contribution in [0.1, 0.15) is 5.69 Å². The summed E-state index contributed by atoms with van der Waals surface area (Å²) in [6.45, 7) is 0.619. The van der Waals surface area contributed by atoms with Gasteiger partial charge in [-0.2, -0.15) is 5.10 Å². The Morgan fingerprint density at radius 3 is 3.06 bits per heavy atom. The molecule has 2 N–H and O–H groups in total. The molecule has 0 aliphatic rings. The van der Waals surface area contributed by atoms with Crippen molar-refractivity contribution in [1.82, 2.24) is 14.8 Å². The Morgan fingerprint density at radius 1 is 1.50 bits per heavy atom. The van der Waals surface area contributed by atoms with Crippen LogP contribution in [0, 0.1) is 0 Å². The Bertz CT molecular complexity index is 452. The highest BCUT2D eigenvalue weighted by molar-refractivity contribution is 5.43. The van der Waals surface area contributed by atoms with Crippen LogP contribution in [-0.4, -0.2) is 28.5 Å². The number of nitrogens with zero attached hydrogens (tertiary/aromatic N) is 3. The molecule has 5 heteroatoms. The van der Waals surface area contributed by atoms with E-state index < -0.39 is 0 Å². The molecule has 0 saturated carbocycles. The smallest absolute Gasteiger partial charge is 0.0881 e. The van der Waals surface area contributed by atoms with Crippen molar-refractivity contribution < 1.29 is 4.74 Å². The molecule has 0 radical (unpaired) electrons. The molecule has 0 spiro atoms. The number of nitrogens with two attached hydrogens (primary N) is 1. The highest BCUT2D eigenvalue weighted by atomic mass is 16.5. The van der Waals surface area contributed by atoms with Crippen LogP contribution in [0.15, 0.2) is 30.7 Å². The molecular weight excluding hydrogens is 204 g/mol. The van der Waals surface area contributed by atoms with Crippen molar-refractivity contribution in [3.05, 3.63) is 36.4 Å². The van der Waals surface area contributed by atoms with Gasteiger partial charge < -0.3 is 10.5 Å². The summed E-state index contributed by atoms with van der Waals surface area (Å²) in [5.41, 5.74) is 8.29. The zero-order valence-electron chi connectivity index (χ0n) is 9.13. The highest BCUT2D eigenvalue weighted by Crippen LogP contribution is 2.13.